The van der Waals surface area contributed by atoms with E-state index < -0.39 is 0 Å². The molecule has 406 valence electrons. The number of benzene rings is 5. The molecule has 0 amide bonds. The van der Waals surface area contributed by atoms with E-state index in [-0.39, 0.29) is 11.7 Å². The minimum absolute atomic E-state index is 0.0919. The lowest BCUT2D eigenvalue weighted by molar-refractivity contribution is 0.0975. The maximum absolute atomic E-state index is 14.7. The Morgan fingerprint density at radius 1 is 0.347 bits per heavy atom. The highest BCUT2D eigenvalue weighted by molar-refractivity contribution is 6.30. The maximum atomic E-state index is 14.7. The number of allylic oxidation sites excluding steroid dienone is 2. The maximum Gasteiger partial charge on any atom is 0.163 e. The quantitative estimate of drug-likeness (QED) is 0.0370. The fraction of sp³-hybridized carbons (Fsp3) is 0.493. The average Bonchev–Trinajstić information content (AvgIpc) is 3.44. The van der Waals surface area contributed by atoms with Crippen molar-refractivity contribution < 1.29 is 4.79 Å². The van der Waals surface area contributed by atoms with Crippen LogP contribution in [0.2, 0.25) is 5.02 Å². The van der Waals surface area contributed by atoms with E-state index in [1.807, 2.05) is 24.3 Å². The Bertz CT molecular complexity index is 2080. The van der Waals surface area contributed by atoms with Gasteiger partial charge < -0.3 is 19.6 Å². The summed E-state index contributed by atoms with van der Waals surface area (Å²) in [5.41, 5.74) is 12.6. The van der Waals surface area contributed by atoms with Crippen LogP contribution in [0.5, 0.6) is 0 Å². The molecule has 0 fully saturated rings. The molecule has 6 heteroatoms. The number of nitrogens with zero attached hydrogens (tertiary/aromatic N) is 4. The topological polar surface area (TPSA) is 30.0 Å². The first-order valence-corrected chi connectivity index (χ1v) is 30.2. The highest BCUT2D eigenvalue weighted by atomic mass is 35.5. The summed E-state index contributed by atoms with van der Waals surface area (Å²) in [6.07, 6.45) is 23.8. The molecule has 0 heterocycles. The smallest absolute Gasteiger partial charge is 0.163 e. The summed E-state index contributed by atoms with van der Waals surface area (Å²) in [7, 11) is 0. The molecule has 0 saturated carbocycles. The van der Waals surface area contributed by atoms with Gasteiger partial charge in [-0.1, -0.05) is 179 Å². The highest BCUT2D eigenvalue weighted by Crippen LogP contribution is 2.35. The van der Waals surface area contributed by atoms with Gasteiger partial charge in [0.2, 0.25) is 0 Å². The third-order valence-corrected chi connectivity index (χ3v) is 15.0. The Balaban J connectivity index is 1.76. The summed E-state index contributed by atoms with van der Waals surface area (Å²) in [5.74, 6) is -0.168. The number of unbranched alkanes of at least 4 members (excludes halogenated alkanes) is 8. The van der Waals surface area contributed by atoms with E-state index in [1.165, 1.54) is 125 Å². The number of carbonyl (C=O) groups is 1. The van der Waals surface area contributed by atoms with Gasteiger partial charge in [-0.2, -0.15) is 0 Å². The van der Waals surface area contributed by atoms with Gasteiger partial charge in [0.1, 0.15) is 0 Å². The van der Waals surface area contributed by atoms with E-state index in [0.717, 1.165) is 85.8 Å². The Hall–Kier alpha value is -5.26. The number of hydrogen-bond donors (Lipinski definition) is 0. The van der Waals surface area contributed by atoms with Crippen LogP contribution in [0.4, 0.5) is 22.7 Å². The van der Waals surface area contributed by atoms with E-state index in [1.54, 1.807) is 0 Å². The van der Waals surface area contributed by atoms with Gasteiger partial charge in [0.25, 0.3) is 0 Å². The molecular weight excluding hydrogens is 936 g/mol. The Labute approximate surface area is 462 Å². The Kier molecular flexibility index (Phi) is 27.8. The van der Waals surface area contributed by atoms with Crippen molar-refractivity contribution in [3.8, 4) is 0 Å². The number of rotatable bonds is 37. The van der Waals surface area contributed by atoms with Crippen LogP contribution in [0.15, 0.2) is 133 Å². The van der Waals surface area contributed by atoms with Crippen molar-refractivity contribution in [3.63, 3.8) is 0 Å². The van der Waals surface area contributed by atoms with Crippen molar-refractivity contribution in [3.05, 3.63) is 166 Å². The molecule has 0 aliphatic heterocycles. The van der Waals surface area contributed by atoms with Crippen LogP contribution in [0.3, 0.4) is 0 Å². The molecule has 75 heavy (non-hydrogen) atoms. The van der Waals surface area contributed by atoms with Crippen LogP contribution in [0.1, 0.15) is 197 Å². The van der Waals surface area contributed by atoms with Gasteiger partial charge in [0, 0.05) is 98.0 Å². The molecule has 0 aliphatic rings. The molecule has 0 unspecified atom stereocenters. The first-order valence-electron chi connectivity index (χ1n) is 29.8. The molecule has 0 radical (unpaired) electrons. The van der Waals surface area contributed by atoms with Gasteiger partial charge in [-0.25, -0.2) is 0 Å². The zero-order valence-electron chi connectivity index (χ0n) is 48.0. The third kappa shape index (κ3) is 19.7. The molecule has 0 N–H and O–H groups in total. The monoisotopic (exact) mass is 1030 g/mol. The molecule has 5 rings (SSSR count). The first-order chi connectivity index (χ1) is 36.7. The lowest BCUT2D eigenvalue weighted by Gasteiger charge is -2.26. The molecule has 0 aromatic heterocycles. The number of Topliss-reactive ketones (excluding diaryl/α,β-unsaturated/α-hetero) is 1. The largest absolute Gasteiger partial charge is 0.372 e. The van der Waals surface area contributed by atoms with Crippen LogP contribution in [-0.2, 0) is 0 Å². The van der Waals surface area contributed by atoms with Crippen LogP contribution in [0.25, 0.3) is 11.1 Å². The fourth-order valence-corrected chi connectivity index (χ4v) is 10.1. The molecule has 5 aromatic carbocycles. The summed E-state index contributed by atoms with van der Waals surface area (Å²) in [6, 6.07) is 44.6. The van der Waals surface area contributed by atoms with Gasteiger partial charge in [-0.05, 0) is 158 Å². The lowest BCUT2D eigenvalue weighted by Crippen LogP contribution is -2.25. The number of anilines is 4. The van der Waals surface area contributed by atoms with E-state index in [4.69, 9.17) is 11.6 Å². The summed E-state index contributed by atoms with van der Waals surface area (Å²) in [5, 5.41) is 0.628. The van der Waals surface area contributed by atoms with Crippen LogP contribution < -0.4 is 19.6 Å². The first kappa shape index (κ1) is 60.6. The zero-order valence-corrected chi connectivity index (χ0v) is 48.8. The highest BCUT2D eigenvalue weighted by Gasteiger charge is 2.20. The van der Waals surface area contributed by atoms with Crippen LogP contribution in [0, 0.1) is 5.92 Å². The molecule has 0 spiro atoms. The second-order valence-electron chi connectivity index (χ2n) is 20.9. The second kappa shape index (κ2) is 34.4. The van der Waals surface area contributed by atoms with E-state index in [9.17, 15) is 4.79 Å². The molecule has 0 atom stereocenters. The van der Waals surface area contributed by atoms with Gasteiger partial charge >= 0.3 is 0 Å². The van der Waals surface area contributed by atoms with Crippen molar-refractivity contribution >= 4 is 51.3 Å². The Morgan fingerprint density at radius 2 is 0.560 bits per heavy atom. The third-order valence-electron chi connectivity index (χ3n) is 14.8. The lowest BCUT2D eigenvalue weighted by atomic mass is 9.86. The minimum Gasteiger partial charge on any atom is -0.372 e. The molecule has 0 saturated heterocycles. The number of ketones is 1. The summed E-state index contributed by atoms with van der Waals surface area (Å²) >= 11 is 6.41. The second-order valence-corrected chi connectivity index (χ2v) is 21.4. The predicted molar refractivity (Wildman–Crippen MR) is 332 cm³/mol. The van der Waals surface area contributed by atoms with Crippen LogP contribution >= 0.6 is 11.6 Å². The van der Waals surface area contributed by atoms with Crippen molar-refractivity contribution in [2.45, 2.75) is 165 Å². The number of carbonyl (C=O) groups excluding carboxylic acids is 1. The molecule has 0 aliphatic carbocycles. The van der Waals surface area contributed by atoms with Crippen molar-refractivity contribution in [1.29, 1.82) is 0 Å². The molecule has 0 bridgehead atoms. The fourth-order valence-electron chi connectivity index (χ4n) is 9.96. The van der Waals surface area contributed by atoms with Crippen molar-refractivity contribution in [2.75, 3.05) is 72.0 Å². The minimum atomic E-state index is -0.260. The van der Waals surface area contributed by atoms with E-state index in [0.29, 0.717) is 17.0 Å². The molecule has 5 nitrogen and oxygen atoms in total. The normalized spacial score (nSPS) is 11.2. The summed E-state index contributed by atoms with van der Waals surface area (Å²) in [4.78, 5) is 25.0. The van der Waals surface area contributed by atoms with Crippen molar-refractivity contribution in [1.82, 2.24) is 0 Å². The average molecular weight is 1030 g/mol. The van der Waals surface area contributed by atoms with Gasteiger partial charge in [0.05, 0.1) is 0 Å². The zero-order chi connectivity index (χ0) is 53.6. The number of halogens is 1. The molecular formula is C69H97ClN4O. The van der Waals surface area contributed by atoms with Crippen LogP contribution in [-0.4, -0.2) is 58.1 Å². The predicted octanol–water partition coefficient (Wildman–Crippen LogP) is 19.4. The SMILES string of the molecule is CCCCN(CCCC)c1ccc(C(=CC(C=C(c2ccc(N(CCCC)CCCC)cc2)c2ccc(N(CCCC)CCCC)cc2)CC(=O)c2ccc(Cl)cc2)c2ccc(N(CCCC)CCCC)cc2)cc1. The summed E-state index contributed by atoms with van der Waals surface area (Å²) in [6.45, 7) is 26.7. The standard InChI is InChI=1S/C69H97ClN4O/c1-9-17-45-71(46-18-10-2)63-37-27-57(28-38-63)67(58-29-39-64(40-30-58)72(47-19-11-3)48-20-12-4)53-56(55-69(75)61-25-35-62(70)36-26-61)54-68(59-31-41-65(42-32-59)73(49-21-13-5)50-22-14-6)60-33-43-66(44-34-60)74(51-23-15-7)52-24-16-8/h25-44,53-54,56H,9-24,45-52,55H2,1-8H3. The van der Waals surface area contributed by atoms with Gasteiger partial charge in [-0.15, -0.1) is 0 Å². The van der Waals surface area contributed by atoms with Crippen molar-refractivity contribution in [2.24, 2.45) is 5.92 Å². The van der Waals surface area contributed by atoms with Gasteiger partial charge in [-0.3, -0.25) is 4.79 Å². The summed E-state index contributed by atoms with van der Waals surface area (Å²) < 4.78 is 0. The van der Waals surface area contributed by atoms with Gasteiger partial charge in [0.15, 0.2) is 5.78 Å². The number of hydrogen-bond acceptors (Lipinski definition) is 5. The van der Waals surface area contributed by atoms with E-state index >= 15 is 0 Å². The molecule has 5 aromatic rings. The Morgan fingerprint density at radius 3 is 0.773 bits per heavy atom. The van der Waals surface area contributed by atoms with E-state index in [2.05, 4.69) is 184 Å².